The molecule has 0 radical (unpaired) electrons. The number of carbonyl (C=O) groups excluding carboxylic acids is 1. The van der Waals surface area contributed by atoms with Crippen molar-refractivity contribution >= 4 is 5.97 Å². The van der Waals surface area contributed by atoms with Crippen LogP contribution < -0.4 is 4.74 Å². The molecule has 2 rings (SSSR count). The van der Waals surface area contributed by atoms with Gasteiger partial charge in [0.25, 0.3) is 0 Å². The van der Waals surface area contributed by atoms with Crippen LogP contribution in [0.5, 0.6) is 5.75 Å². The number of aliphatic hydroxyl groups is 1. The van der Waals surface area contributed by atoms with Crippen molar-refractivity contribution in [1.82, 2.24) is 9.47 Å². The van der Waals surface area contributed by atoms with Crippen LogP contribution in [0.1, 0.15) is 31.0 Å². The van der Waals surface area contributed by atoms with Gasteiger partial charge < -0.3 is 23.9 Å². The fourth-order valence-corrected chi connectivity index (χ4v) is 3.22. The summed E-state index contributed by atoms with van der Waals surface area (Å²) in [5.74, 6) is 0.566. The molecule has 1 aromatic heterocycles. The Morgan fingerprint density at radius 3 is 2.80 bits per heavy atom. The number of aliphatic hydroxyl groups excluding tert-OH is 1. The van der Waals surface area contributed by atoms with E-state index in [4.69, 9.17) is 14.2 Å². The maximum absolute atomic E-state index is 11.5. The molecule has 2 aromatic rings. The zero-order valence-corrected chi connectivity index (χ0v) is 18.3. The van der Waals surface area contributed by atoms with Crippen LogP contribution in [0.25, 0.3) is 0 Å². The molecule has 1 heterocycles. The average Bonchev–Trinajstić information content (AvgIpc) is 3.17. The number of esters is 1. The van der Waals surface area contributed by atoms with Gasteiger partial charge in [-0.1, -0.05) is 19.1 Å². The average molecular weight is 419 g/mol. The van der Waals surface area contributed by atoms with Crippen molar-refractivity contribution < 1.29 is 24.1 Å². The van der Waals surface area contributed by atoms with Gasteiger partial charge in [0.1, 0.15) is 18.5 Å². The van der Waals surface area contributed by atoms with Crippen LogP contribution in [0.15, 0.2) is 42.6 Å². The van der Waals surface area contributed by atoms with Gasteiger partial charge in [0, 0.05) is 51.6 Å². The molecule has 1 unspecified atom stereocenters. The number of ether oxygens (including phenoxy) is 3. The van der Waals surface area contributed by atoms with Crippen LogP contribution in [-0.2, 0) is 27.4 Å². The van der Waals surface area contributed by atoms with Crippen LogP contribution >= 0.6 is 0 Å². The molecular weight excluding hydrogens is 384 g/mol. The van der Waals surface area contributed by atoms with Crippen LogP contribution in [0.4, 0.5) is 0 Å². The Labute approximate surface area is 179 Å². The molecule has 1 atom stereocenters. The topological polar surface area (TPSA) is 73.2 Å². The second-order valence-electron chi connectivity index (χ2n) is 7.29. The van der Waals surface area contributed by atoms with E-state index in [-0.39, 0.29) is 12.6 Å². The smallest absolute Gasteiger partial charge is 0.305 e. The molecule has 0 aliphatic rings. The molecule has 0 spiro atoms. The van der Waals surface area contributed by atoms with E-state index >= 15 is 0 Å². The van der Waals surface area contributed by atoms with Crippen LogP contribution in [0.2, 0.25) is 0 Å². The monoisotopic (exact) mass is 418 g/mol. The number of hydrogen-bond acceptors (Lipinski definition) is 6. The van der Waals surface area contributed by atoms with Gasteiger partial charge >= 0.3 is 5.97 Å². The highest BCUT2D eigenvalue weighted by atomic mass is 16.5. The predicted octanol–water partition coefficient (Wildman–Crippen LogP) is 2.70. The second kappa shape index (κ2) is 13.1. The number of nitrogens with zero attached hydrogens (tertiary/aromatic N) is 2. The maximum Gasteiger partial charge on any atom is 0.305 e. The van der Waals surface area contributed by atoms with E-state index in [0.717, 1.165) is 30.0 Å². The zero-order chi connectivity index (χ0) is 21.8. The Morgan fingerprint density at radius 1 is 1.23 bits per heavy atom. The molecule has 166 valence electrons. The van der Waals surface area contributed by atoms with Gasteiger partial charge in [-0.25, -0.2) is 0 Å². The van der Waals surface area contributed by atoms with Crippen molar-refractivity contribution in [3.05, 3.63) is 53.9 Å². The summed E-state index contributed by atoms with van der Waals surface area (Å²) < 4.78 is 17.9. The Bertz CT molecular complexity index is 762. The van der Waals surface area contributed by atoms with E-state index in [1.165, 1.54) is 0 Å². The Hall–Kier alpha value is -2.35. The summed E-state index contributed by atoms with van der Waals surface area (Å²) in [7, 11) is 3.32. The first-order valence-electron chi connectivity index (χ1n) is 10.4. The predicted molar refractivity (Wildman–Crippen MR) is 116 cm³/mol. The zero-order valence-electron chi connectivity index (χ0n) is 18.3. The van der Waals surface area contributed by atoms with Gasteiger partial charge in [0.2, 0.25) is 0 Å². The van der Waals surface area contributed by atoms with Crippen molar-refractivity contribution in [2.24, 2.45) is 0 Å². The molecule has 0 bridgehead atoms. The molecule has 0 aliphatic carbocycles. The fraction of sp³-hybridized carbons (Fsp3) is 0.522. The van der Waals surface area contributed by atoms with E-state index in [2.05, 4.69) is 21.6 Å². The van der Waals surface area contributed by atoms with E-state index < -0.39 is 6.10 Å². The molecule has 0 saturated heterocycles. The lowest BCUT2D eigenvalue weighted by Crippen LogP contribution is -2.37. The molecular formula is C23H34N2O5. The van der Waals surface area contributed by atoms with Crippen LogP contribution in [-0.4, -0.2) is 67.2 Å². The molecule has 0 saturated carbocycles. The van der Waals surface area contributed by atoms with Crippen molar-refractivity contribution in [3.63, 3.8) is 0 Å². The van der Waals surface area contributed by atoms with Crippen LogP contribution in [0.3, 0.4) is 0 Å². The van der Waals surface area contributed by atoms with Gasteiger partial charge in [0.15, 0.2) is 0 Å². The van der Waals surface area contributed by atoms with Gasteiger partial charge in [-0.2, -0.15) is 0 Å². The first-order chi connectivity index (χ1) is 14.5. The molecule has 1 aromatic carbocycles. The molecule has 0 aliphatic heterocycles. The third-order valence-electron chi connectivity index (χ3n) is 4.77. The summed E-state index contributed by atoms with van der Waals surface area (Å²) >= 11 is 0. The van der Waals surface area contributed by atoms with Gasteiger partial charge in [-0.3, -0.25) is 9.69 Å². The fourth-order valence-electron chi connectivity index (χ4n) is 3.22. The number of methoxy groups -OCH3 is 2. The number of aromatic nitrogens is 1. The van der Waals surface area contributed by atoms with E-state index in [1.54, 1.807) is 14.2 Å². The van der Waals surface area contributed by atoms with Crippen molar-refractivity contribution in [3.8, 4) is 5.75 Å². The van der Waals surface area contributed by atoms with Crippen LogP contribution in [0, 0.1) is 0 Å². The summed E-state index contributed by atoms with van der Waals surface area (Å²) in [5, 5.41) is 10.3. The normalized spacial score (nSPS) is 12.2. The highest BCUT2D eigenvalue weighted by Gasteiger charge is 2.16. The summed E-state index contributed by atoms with van der Waals surface area (Å²) in [6.45, 7) is 4.93. The van der Waals surface area contributed by atoms with E-state index in [0.29, 0.717) is 32.7 Å². The number of rotatable bonds is 14. The van der Waals surface area contributed by atoms with Crippen molar-refractivity contribution in [2.45, 2.75) is 39.0 Å². The first kappa shape index (κ1) is 23.9. The lowest BCUT2D eigenvalue weighted by atomic mass is 10.2. The highest BCUT2D eigenvalue weighted by molar-refractivity contribution is 5.69. The number of carbonyl (C=O) groups is 1. The summed E-state index contributed by atoms with van der Waals surface area (Å²) in [4.78, 5) is 13.7. The number of hydrogen-bond donors (Lipinski definition) is 1. The first-order valence-corrected chi connectivity index (χ1v) is 10.4. The Balaban J connectivity index is 1.98. The molecule has 30 heavy (non-hydrogen) atoms. The lowest BCUT2D eigenvalue weighted by molar-refractivity contribution is -0.147. The summed E-state index contributed by atoms with van der Waals surface area (Å²) in [6, 6.07) is 12.1. The maximum atomic E-state index is 11.5. The second-order valence-corrected chi connectivity index (χ2v) is 7.29. The molecule has 7 heteroatoms. The number of benzene rings is 1. The minimum atomic E-state index is -0.746. The summed E-state index contributed by atoms with van der Waals surface area (Å²) in [5.41, 5.74) is 2.28. The summed E-state index contributed by atoms with van der Waals surface area (Å²) in [6.07, 6.45) is 2.41. The van der Waals surface area contributed by atoms with E-state index in [9.17, 15) is 9.90 Å². The third kappa shape index (κ3) is 8.18. The SMILES string of the molecule is CCCC(=O)OCC(O)CN(CCOC)Cc1cccn1Cc1cccc(OC)c1. The van der Waals surface area contributed by atoms with E-state index in [1.807, 2.05) is 37.4 Å². The van der Waals surface area contributed by atoms with Gasteiger partial charge in [0.05, 0.1) is 13.7 Å². The minimum Gasteiger partial charge on any atom is -0.497 e. The molecule has 0 fully saturated rings. The minimum absolute atomic E-state index is 0.00708. The standard InChI is InChI=1S/C23H34N2O5/c1-4-7-23(27)30-18-21(26)17-24(12-13-28-2)16-20-9-6-11-25(20)15-19-8-5-10-22(14-19)29-3/h5-6,8-11,14,21,26H,4,7,12-13,15-18H2,1-3H3. The quantitative estimate of drug-likeness (QED) is 0.476. The Morgan fingerprint density at radius 2 is 2.07 bits per heavy atom. The van der Waals surface area contributed by atoms with Crippen molar-refractivity contribution in [2.75, 3.05) is 40.5 Å². The van der Waals surface area contributed by atoms with Crippen molar-refractivity contribution in [1.29, 1.82) is 0 Å². The van der Waals surface area contributed by atoms with Gasteiger partial charge in [-0.15, -0.1) is 0 Å². The van der Waals surface area contributed by atoms with Gasteiger partial charge in [-0.05, 0) is 36.2 Å². The lowest BCUT2D eigenvalue weighted by Gasteiger charge is -2.25. The molecule has 0 amide bonds. The molecule has 1 N–H and O–H groups in total. The highest BCUT2D eigenvalue weighted by Crippen LogP contribution is 2.16. The third-order valence-corrected chi connectivity index (χ3v) is 4.77. The molecule has 7 nitrogen and oxygen atoms in total. The Kier molecular flexibility index (Phi) is 10.4. The largest absolute Gasteiger partial charge is 0.497 e.